The van der Waals surface area contributed by atoms with Crippen molar-refractivity contribution in [1.29, 1.82) is 0 Å². The number of nitrogens with zero attached hydrogens (tertiary/aromatic N) is 4. The molecule has 2 aromatic rings. The molecule has 1 fully saturated rings. The van der Waals surface area contributed by atoms with Gasteiger partial charge in [-0.05, 0) is 39.0 Å². The molecule has 1 aliphatic heterocycles. The van der Waals surface area contributed by atoms with Crippen LogP contribution in [0.3, 0.4) is 0 Å². The molecule has 9 heteroatoms. The summed E-state index contributed by atoms with van der Waals surface area (Å²) < 4.78 is 40.6. The van der Waals surface area contributed by atoms with E-state index in [9.17, 15) is 18.0 Å². The summed E-state index contributed by atoms with van der Waals surface area (Å²) in [5.74, 6) is -0.114. The number of carbonyl (C=O) groups is 1. The number of nitrogens with one attached hydrogen (secondary N) is 1. The predicted octanol–water partition coefficient (Wildman–Crippen LogP) is 3.20. The van der Waals surface area contributed by atoms with Crippen LogP contribution in [0.2, 0.25) is 0 Å². The number of piperazine rings is 1. The Kier molecular flexibility index (Phi) is 5.88. The Balaban J connectivity index is 1.61. The molecule has 1 saturated heterocycles. The average Bonchev–Trinajstić information content (AvgIpc) is 2.93. The van der Waals surface area contributed by atoms with E-state index in [2.05, 4.69) is 10.4 Å². The van der Waals surface area contributed by atoms with Gasteiger partial charge in [0.25, 0.3) is 0 Å². The van der Waals surface area contributed by atoms with Crippen LogP contribution in [0.15, 0.2) is 24.3 Å². The fourth-order valence-corrected chi connectivity index (χ4v) is 3.59. The van der Waals surface area contributed by atoms with Crippen LogP contribution < -0.4 is 10.2 Å². The van der Waals surface area contributed by atoms with Gasteiger partial charge in [-0.1, -0.05) is 6.07 Å². The molecule has 0 aliphatic carbocycles. The lowest BCUT2D eigenvalue weighted by molar-refractivity contribution is -0.137. The first-order valence-corrected chi connectivity index (χ1v) is 9.55. The maximum atomic E-state index is 13.0. The summed E-state index contributed by atoms with van der Waals surface area (Å²) >= 11 is 0. The van der Waals surface area contributed by atoms with Gasteiger partial charge in [-0.15, -0.1) is 0 Å². The highest BCUT2D eigenvalue weighted by Crippen LogP contribution is 2.32. The largest absolute Gasteiger partial charge is 0.416 e. The molecule has 2 heterocycles. The monoisotopic (exact) mass is 409 g/mol. The SMILES string of the molecule is Cc1nn(C)c(C)c1NC(=O)C(C)N1CCN(c2cccc(C(F)(F)F)c2)CC1. The maximum Gasteiger partial charge on any atom is 0.416 e. The Labute approximate surface area is 168 Å². The molecule has 0 saturated carbocycles. The molecule has 0 spiro atoms. The van der Waals surface area contributed by atoms with Crippen molar-refractivity contribution in [2.45, 2.75) is 33.0 Å². The number of anilines is 2. The van der Waals surface area contributed by atoms with Crippen molar-refractivity contribution < 1.29 is 18.0 Å². The van der Waals surface area contributed by atoms with Gasteiger partial charge < -0.3 is 10.2 Å². The number of benzene rings is 1. The smallest absolute Gasteiger partial charge is 0.369 e. The molecule has 1 amide bonds. The van der Waals surface area contributed by atoms with E-state index in [1.54, 1.807) is 10.7 Å². The van der Waals surface area contributed by atoms with Crippen LogP contribution in [-0.2, 0) is 18.0 Å². The topological polar surface area (TPSA) is 53.4 Å². The molecule has 1 aromatic heterocycles. The molecule has 29 heavy (non-hydrogen) atoms. The number of rotatable bonds is 4. The highest BCUT2D eigenvalue weighted by Gasteiger charge is 2.32. The molecule has 158 valence electrons. The number of aryl methyl sites for hydroxylation is 2. The molecule has 0 radical (unpaired) electrons. The van der Waals surface area contributed by atoms with Gasteiger partial charge in [0, 0.05) is 38.9 Å². The van der Waals surface area contributed by atoms with Crippen LogP contribution in [0.25, 0.3) is 0 Å². The lowest BCUT2D eigenvalue weighted by Gasteiger charge is -2.38. The third-order valence-corrected chi connectivity index (χ3v) is 5.54. The Bertz CT molecular complexity index is 885. The summed E-state index contributed by atoms with van der Waals surface area (Å²) in [6.07, 6.45) is -4.35. The van der Waals surface area contributed by atoms with E-state index in [0.717, 1.165) is 23.1 Å². The molecule has 1 aliphatic rings. The lowest BCUT2D eigenvalue weighted by atomic mass is 10.1. The van der Waals surface area contributed by atoms with Crippen LogP contribution >= 0.6 is 0 Å². The zero-order valence-corrected chi connectivity index (χ0v) is 17.0. The lowest BCUT2D eigenvalue weighted by Crippen LogP contribution is -2.52. The summed E-state index contributed by atoms with van der Waals surface area (Å²) in [5.41, 5.74) is 2.29. The molecule has 1 N–H and O–H groups in total. The minimum atomic E-state index is -4.35. The van der Waals surface area contributed by atoms with Crippen molar-refractivity contribution >= 4 is 17.3 Å². The van der Waals surface area contributed by atoms with E-state index in [-0.39, 0.29) is 11.9 Å². The average molecular weight is 409 g/mol. The third-order valence-electron chi connectivity index (χ3n) is 5.54. The first-order valence-electron chi connectivity index (χ1n) is 9.55. The number of hydrogen-bond donors (Lipinski definition) is 1. The van der Waals surface area contributed by atoms with Gasteiger partial charge in [0.1, 0.15) is 0 Å². The minimum absolute atomic E-state index is 0.114. The first kappa shape index (κ1) is 21.2. The van der Waals surface area contributed by atoms with Crippen molar-refractivity contribution in [1.82, 2.24) is 14.7 Å². The molecule has 6 nitrogen and oxygen atoms in total. The summed E-state index contributed by atoms with van der Waals surface area (Å²) in [4.78, 5) is 16.7. The molecular formula is C20H26F3N5O. The second-order valence-electron chi connectivity index (χ2n) is 7.41. The predicted molar refractivity (Wildman–Crippen MR) is 106 cm³/mol. The van der Waals surface area contributed by atoms with Crippen LogP contribution in [0.1, 0.15) is 23.9 Å². The molecular weight excluding hydrogens is 383 g/mol. The van der Waals surface area contributed by atoms with Crippen LogP contribution in [-0.4, -0.2) is 52.8 Å². The first-order chi connectivity index (χ1) is 13.6. The zero-order chi connectivity index (χ0) is 21.3. The normalized spacial score (nSPS) is 16.7. The molecule has 1 atom stereocenters. The number of aromatic nitrogens is 2. The highest BCUT2D eigenvalue weighted by molar-refractivity contribution is 5.95. The molecule has 3 rings (SSSR count). The van der Waals surface area contributed by atoms with Gasteiger partial charge in [0.2, 0.25) is 5.91 Å². The van der Waals surface area contributed by atoms with E-state index in [4.69, 9.17) is 0 Å². The van der Waals surface area contributed by atoms with Crippen molar-refractivity contribution in [3.05, 3.63) is 41.2 Å². The second-order valence-corrected chi connectivity index (χ2v) is 7.41. The van der Waals surface area contributed by atoms with E-state index in [0.29, 0.717) is 31.9 Å². The number of alkyl halides is 3. The fourth-order valence-electron chi connectivity index (χ4n) is 3.59. The highest BCUT2D eigenvalue weighted by atomic mass is 19.4. The Hall–Kier alpha value is -2.55. The van der Waals surface area contributed by atoms with Crippen LogP contribution in [0.4, 0.5) is 24.5 Å². The number of carbonyl (C=O) groups excluding carboxylic acids is 1. The van der Waals surface area contributed by atoms with E-state index in [1.165, 1.54) is 12.1 Å². The van der Waals surface area contributed by atoms with Crippen LogP contribution in [0, 0.1) is 13.8 Å². The summed E-state index contributed by atoms with van der Waals surface area (Å²) in [7, 11) is 1.83. The maximum absolute atomic E-state index is 13.0. The molecule has 1 aromatic carbocycles. The van der Waals surface area contributed by atoms with Gasteiger partial charge in [0.05, 0.1) is 28.7 Å². The summed E-state index contributed by atoms with van der Waals surface area (Å²) in [6.45, 7) is 7.89. The number of halogens is 3. The van der Waals surface area contributed by atoms with Crippen molar-refractivity contribution in [3.63, 3.8) is 0 Å². The van der Waals surface area contributed by atoms with Crippen LogP contribution in [0.5, 0.6) is 0 Å². The fraction of sp³-hybridized carbons (Fsp3) is 0.500. The summed E-state index contributed by atoms with van der Waals surface area (Å²) in [6, 6.07) is 5.03. The van der Waals surface area contributed by atoms with E-state index >= 15 is 0 Å². The van der Waals surface area contributed by atoms with E-state index in [1.807, 2.05) is 37.6 Å². The van der Waals surface area contributed by atoms with Crippen molar-refractivity contribution in [2.75, 3.05) is 36.4 Å². The zero-order valence-electron chi connectivity index (χ0n) is 17.0. The van der Waals surface area contributed by atoms with Gasteiger partial charge in [0.15, 0.2) is 0 Å². The van der Waals surface area contributed by atoms with Gasteiger partial charge in [-0.25, -0.2) is 0 Å². The standard InChI is InChI=1S/C20H26F3N5O/c1-13-18(14(2)26(4)25-13)24-19(29)15(3)27-8-10-28(11-9-27)17-7-5-6-16(12-17)20(21,22)23/h5-7,12,15H,8-11H2,1-4H3,(H,24,29). The van der Waals surface area contributed by atoms with Gasteiger partial charge in [-0.2, -0.15) is 18.3 Å². The second kappa shape index (κ2) is 8.06. The number of amides is 1. The minimum Gasteiger partial charge on any atom is -0.369 e. The van der Waals surface area contributed by atoms with Crippen molar-refractivity contribution in [2.24, 2.45) is 7.05 Å². The molecule has 1 unspecified atom stereocenters. The Morgan fingerprint density at radius 3 is 2.38 bits per heavy atom. The molecule has 0 bridgehead atoms. The number of hydrogen-bond acceptors (Lipinski definition) is 4. The van der Waals surface area contributed by atoms with Gasteiger partial charge >= 0.3 is 6.18 Å². The van der Waals surface area contributed by atoms with Gasteiger partial charge in [-0.3, -0.25) is 14.4 Å². The van der Waals surface area contributed by atoms with Crippen molar-refractivity contribution in [3.8, 4) is 0 Å². The Morgan fingerprint density at radius 1 is 1.17 bits per heavy atom. The quantitative estimate of drug-likeness (QED) is 0.843. The third kappa shape index (κ3) is 4.55. The van der Waals surface area contributed by atoms with E-state index < -0.39 is 11.7 Å². The summed E-state index contributed by atoms with van der Waals surface area (Å²) in [5, 5.41) is 7.27. The Morgan fingerprint density at radius 2 is 1.83 bits per heavy atom.